The molecule has 1 aromatic rings. The Morgan fingerprint density at radius 2 is 1.24 bits per heavy atom. The summed E-state index contributed by atoms with van der Waals surface area (Å²) in [6.45, 7) is 4.42. The van der Waals surface area contributed by atoms with Crippen LogP contribution in [-0.4, -0.2) is 11.8 Å². The fraction of sp³-hybridized carbons (Fsp3) is 0.636. The van der Waals surface area contributed by atoms with Gasteiger partial charge in [0, 0.05) is 0 Å². The Balaban J connectivity index is 1.76. The molecular weight excluding hydrogens is 310 g/mol. The number of hydrogen-bond donors (Lipinski definition) is 0. The molecule has 4 atom stereocenters. The van der Waals surface area contributed by atoms with E-state index in [9.17, 15) is 9.59 Å². The molecule has 0 bridgehead atoms. The average molecular weight is 341 g/mol. The van der Waals surface area contributed by atoms with Crippen LogP contribution >= 0.6 is 0 Å². The van der Waals surface area contributed by atoms with Crippen LogP contribution in [0.25, 0.3) is 0 Å². The summed E-state index contributed by atoms with van der Waals surface area (Å²) in [6, 6.07) is 9.46. The third kappa shape index (κ3) is 3.38. The number of carbonyl (C=O) groups is 2. The predicted octanol–water partition coefficient (Wildman–Crippen LogP) is 5.20. The first-order valence-corrected chi connectivity index (χ1v) is 10.1. The highest BCUT2D eigenvalue weighted by molar-refractivity contribution is 6.23. The summed E-state index contributed by atoms with van der Waals surface area (Å²) in [6.07, 6.45) is 9.42. The zero-order valence-electron chi connectivity index (χ0n) is 15.6. The molecule has 136 valence electrons. The van der Waals surface area contributed by atoms with Crippen molar-refractivity contribution in [1.29, 1.82) is 0 Å². The second kappa shape index (κ2) is 8.16. The molecule has 3 nitrogen and oxygen atoms in total. The van der Waals surface area contributed by atoms with Crippen molar-refractivity contribution >= 4 is 17.5 Å². The van der Waals surface area contributed by atoms with E-state index in [1.165, 1.54) is 43.4 Å². The minimum Gasteiger partial charge on any atom is -0.274 e. The number of rotatable bonds is 9. The monoisotopic (exact) mass is 341 g/mol. The van der Waals surface area contributed by atoms with E-state index in [4.69, 9.17) is 0 Å². The number of amides is 2. The number of para-hydroxylation sites is 1. The number of carbonyl (C=O) groups excluding carboxylic acids is 2. The van der Waals surface area contributed by atoms with E-state index in [2.05, 4.69) is 13.8 Å². The molecule has 0 unspecified atom stereocenters. The highest BCUT2D eigenvalue weighted by Gasteiger charge is 2.63. The SMILES string of the molecule is CCCCC[C@@H]1[C@@H](CCCCC)[C@@H]2C(=O)N(c3ccccc3)C(=O)[C@H]12. The summed E-state index contributed by atoms with van der Waals surface area (Å²) in [7, 11) is 0. The topological polar surface area (TPSA) is 37.4 Å². The molecule has 1 aromatic carbocycles. The molecule has 3 rings (SSSR count). The number of nitrogens with zero attached hydrogens (tertiary/aromatic N) is 1. The fourth-order valence-corrected chi connectivity index (χ4v) is 4.88. The van der Waals surface area contributed by atoms with Gasteiger partial charge in [-0.05, 0) is 36.8 Å². The lowest BCUT2D eigenvalue weighted by Gasteiger charge is -2.46. The third-order valence-electron chi connectivity index (χ3n) is 6.17. The maximum atomic E-state index is 13.0. The van der Waals surface area contributed by atoms with Crippen LogP contribution in [0.5, 0.6) is 0 Å². The Morgan fingerprint density at radius 3 is 1.68 bits per heavy atom. The third-order valence-corrected chi connectivity index (χ3v) is 6.17. The highest BCUT2D eigenvalue weighted by atomic mass is 16.2. The molecule has 2 amide bonds. The van der Waals surface area contributed by atoms with Crippen molar-refractivity contribution in [2.75, 3.05) is 4.90 Å². The van der Waals surface area contributed by atoms with Crippen molar-refractivity contribution in [1.82, 2.24) is 0 Å². The molecule has 0 N–H and O–H groups in total. The van der Waals surface area contributed by atoms with E-state index in [1.807, 2.05) is 30.3 Å². The fourth-order valence-electron chi connectivity index (χ4n) is 4.88. The zero-order valence-corrected chi connectivity index (χ0v) is 15.6. The summed E-state index contributed by atoms with van der Waals surface area (Å²) in [5.74, 6) is 0.813. The molecule has 1 saturated carbocycles. The minimum absolute atomic E-state index is 0.0504. The van der Waals surface area contributed by atoms with Crippen LogP contribution < -0.4 is 4.90 Å². The van der Waals surface area contributed by atoms with E-state index in [0.717, 1.165) is 18.5 Å². The van der Waals surface area contributed by atoms with Crippen molar-refractivity contribution < 1.29 is 9.59 Å². The van der Waals surface area contributed by atoms with Gasteiger partial charge in [-0.2, -0.15) is 0 Å². The van der Waals surface area contributed by atoms with Crippen LogP contribution in [0.2, 0.25) is 0 Å². The maximum Gasteiger partial charge on any atom is 0.237 e. The Kier molecular flexibility index (Phi) is 5.93. The zero-order chi connectivity index (χ0) is 17.8. The molecule has 0 spiro atoms. The van der Waals surface area contributed by atoms with E-state index < -0.39 is 0 Å². The predicted molar refractivity (Wildman–Crippen MR) is 101 cm³/mol. The number of unbranched alkanes of at least 4 members (excludes halogenated alkanes) is 4. The first kappa shape index (κ1) is 18.2. The second-order valence-corrected chi connectivity index (χ2v) is 7.72. The summed E-state index contributed by atoms with van der Waals surface area (Å²) < 4.78 is 0. The first-order chi connectivity index (χ1) is 12.2. The molecule has 2 aliphatic rings. The van der Waals surface area contributed by atoms with E-state index in [-0.39, 0.29) is 23.7 Å². The van der Waals surface area contributed by atoms with Crippen molar-refractivity contribution in [2.24, 2.45) is 23.7 Å². The van der Waals surface area contributed by atoms with Gasteiger partial charge in [0.2, 0.25) is 11.8 Å². The van der Waals surface area contributed by atoms with Crippen LogP contribution in [0.3, 0.4) is 0 Å². The van der Waals surface area contributed by atoms with Crippen LogP contribution in [0.1, 0.15) is 65.2 Å². The van der Waals surface area contributed by atoms with E-state index in [0.29, 0.717) is 11.8 Å². The van der Waals surface area contributed by atoms with E-state index >= 15 is 0 Å². The maximum absolute atomic E-state index is 13.0. The van der Waals surface area contributed by atoms with Gasteiger partial charge < -0.3 is 0 Å². The molecule has 1 aliphatic carbocycles. The van der Waals surface area contributed by atoms with Gasteiger partial charge >= 0.3 is 0 Å². The van der Waals surface area contributed by atoms with Crippen LogP contribution in [0.4, 0.5) is 5.69 Å². The van der Waals surface area contributed by atoms with Crippen molar-refractivity contribution in [3.63, 3.8) is 0 Å². The molecule has 3 heteroatoms. The molecule has 0 aromatic heterocycles. The largest absolute Gasteiger partial charge is 0.274 e. The smallest absolute Gasteiger partial charge is 0.237 e. The molecule has 1 heterocycles. The number of hydrogen-bond acceptors (Lipinski definition) is 2. The molecule has 1 aliphatic heterocycles. The van der Waals surface area contributed by atoms with Gasteiger partial charge in [0.05, 0.1) is 17.5 Å². The summed E-state index contributed by atoms with van der Waals surface area (Å²) >= 11 is 0. The van der Waals surface area contributed by atoms with Crippen molar-refractivity contribution in [3.05, 3.63) is 30.3 Å². The van der Waals surface area contributed by atoms with Crippen LogP contribution in [0, 0.1) is 23.7 Å². The van der Waals surface area contributed by atoms with Gasteiger partial charge in [-0.1, -0.05) is 70.6 Å². The van der Waals surface area contributed by atoms with Crippen molar-refractivity contribution in [3.8, 4) is 0 Å². The van der Waals surface area contributed by atoms with E-state index in [1.54, 1.807) is 0 Å². The van der Waals surface area contributed by atoms with Gasteiger partial charge in [0.15, 0.2) is 0 Å². The second-order valence-electron chi connectivity index (χ2n) is 7.72. The summed E-state index contributed by atoms with van der Waals surface area (Å²) in [5, 5.41) is 0. The summed E-state index contributed by atoms with van der Waals surface area (Å²) in [4.78, 5) is 27.5. The first-order valence-electron chi connectivity index (χ1n) is 10.1. The lowest BCUT2D eigenvalue weighted by Crippen LogP contribution is -2.48. The molecule has 0 radical (unpaired) electrons. The van der Waals surface area contributed by atoms with Crippen molar-refractivity contribution in [2.45, 2.75) is 65.2 Å². The molecule has 2 fully saturated rings. The van der Waals surface area contributed by atoms with Crippen LogP contribution in [0.15, 0.2) is 30.3 Å². The molecule has 25 heavy (non-hydrogen) atoms. The number of anilines is 1. The van der Waals surface area contributed by atoms with Gasteiger partial charge in [-0.25, -0.2) is 0 Å². The van der Waals surface area contributed by atoms with Crippen LogP contribution in [-0.2, 0) is 9.59 Å². The Morgan fingerprint density at radius 1 is 0.760 bits per heavy atom. The highest BCUT2D eigenvalue weighted by Crippen LogP contribution is 2.56. The lowest BCUT2D eigenvalue weighted by molar-refractivity contribution is -0.137. The van der Waals surface area contributed by atoms with Gasteiger partial charge in [0.25, 0.3) is 0 Å². The number of imide groups is 1. The normalized spacial score (nSPS) is 28.2. The van der Waals surface area contributed by atoms with Gasteiger partial charge in [-0.15, -0.1) is 0 Å². The van der Waals surface area contributed by atoms with Gasteiger partial charge in [0.1, 0.15) is 0 Å². The average Bonchev–Trinajstić information content (AvgIpc) is 2.83. The quantitative estimate of drug-likeness (QED) is 0.457. The number of fused-ring (bicyclic) bond motifs is 1. The minimum atomic E-state index is -0.0591. The Hall–Kier alpha value is -1.64. The standard InChI is InChI=1S/C22H31NO2/c1-3-5-8-14-17-18(15-9-6-4-2)20-19(17)21(24)23(22(20)25)16-12-10-7-11-13-16/h7,10-13,17-20H,3-6,8-9,14-15H2,1-2H3/t17-,18-,19-,20+/m1/s1. The van der Waals surface area contributed by atoms with Gasteiger partial charge in [-0.3, -0.25) is 14.5 Å². The Labute approximate surface area is 151 Å². The lowest BCUT2D eigenvalue weighted by atomic mass is 9.55. The molecule has 1 saturated heterocycles. The Bertz CT molecular complexity index is 563. The number of benzene rings is 1. The summed E-state index contributed by atoms with van der Waals surface area (Å²) in [5.41, 5.74) is 0.742. The molecular formula is C22H31NO2.